The van der Waals surface area contributed by atoms with E-state index >= 15 is 0 Å². The molecule has 0 aliphatic heterocycles. The number of amides is 1. The Morgan fingerprint density at radius 1 is 1.27 bits per heavy atom. The molecule has 0 aliphatic carbocycles. The number of hydrogen-bond acceptors (Lipinski definition) is 4. The maximum absolute atomic E-state index is 12.0. The predicted octanol–water partition coefficient (Wildman–Crippen LogP) is 2.77. The van der Waals surface area contributed by atoms with Crippen LogP contribution >= 0.6 is 11.6 Å². The van der Waals surface area contributed by atoms with Crippen molar-refractivity contribution in [1.29, 1.82) is 0 Å². The zero-order valence-corrected chi connectivity index (χ0v) is 13.2. The first-order chi connectivity index (χ1) is 10.4. The molecule has 0 bridgehead atoms. The highest BCUT2D eigenvalue weighted by atomic mass is 35.5. The van der Waals surface area contributed by atoms with Gasteiger partial charge < -0.3 is 0 Å². The summed E-state index contributed by atoms with van der Waals surface area (Å²) >= 11 is 5.80. The summed E-state index contributed by atoms with van der Waals surface area (Å²) in [6, 6.07) is 9.70. The zero-order chi connectivity index (χ0) is 16.2. The number of rotatable bonds is 4. The fourth-order valence-electron chi connectivity index (χ4n) is 1.73. The van der Waals surface area contributed by atoms with Crippen LogP contribution < -0.4 is 4.72 Å². The Morgan fingerprint density at radius 2 is 2.05 bits per heavy atom. The summed E-state index contributed by atoms with van der Waals surface area (Å²) in [5.74, 6) is -0.708. The summed E-state index contributed by atoms with van der Waals surface area (Å²) in [6.45, 7) is 1.68. The lowest BCUT2D eigenvalue weighted by atomic mass is 10.1. The van der Waals surface area contributed by atoms with Gasteiger partial charge in [-0.15, -0.1) is 0 Å². The molecule has 0 atom stereocenters. The van der Waals surface area contributed by atoms with Gasteiger partial charge >= 0.3 is 0 Å². The maximum atomic E-state index is 12.0. The molecule has 2 rings (SSSR count). The highest BCUT2D eigenvalue weighted by molar-refractivity contribution is 7.93. The molecule has 1 aromatic carbocycles. The van der Waals surface area contributed by atoms with Gasteiger partial charge in [0.1, 0.15) is 0 Å². The topological polar surface area (TPSA) is 76.1 Å². The number of sulfonamides is 1. The smallest absolute Gasteiger partial charge is 0.265 e. The van der Waals surface area contributed by atoms with Crippen LogP contribution in [0, 0.1) is 6.92 Å². The van der Waals surface area contributed by atoms with Gasteiger partial charge in [-0.3, -0.25) is 9.78 Å². The van der Waals surface area contributed by atoms with E-state index in [2.05, 4.69) is 4.98 Å². The van der Waals surface area contributed by atoms with E-state index in [1.165, 1.54) is 18.2 Å². The molecule has 1 aromatic heterocycles. The number of aryl methyl sites for hydroxylation is 1. The van der Waals surface area contributed by atoms with Crippen molar-refractivity contribution in [2.75, 3.05) is 0 Å². The van der Waals surface area contributed by atoms with Crippen molar-refractivity contribution in [1.82, 2.24) is 9.71 Å². The fraction of sp³-hybridized carbons (Fsp3) is 0.0667. The monoisotopic (exact) mass is 336 g/mol. The molecule has 5 nitrogen and oxygen atoms in total. The van der Waals surface area contributed by atoms with Gasteiger partial charge in [-0.05, 0) is 48.9 Å². The van der Waals surface area contributed by atoms with Crippen molar-refractivity contribution in [3.63, 3.8) is 0 Å². The van der Waals surface area contributed by atoms with E-state index in [0.717, 1.165) is 5.41 Å². The van der Waals surface area contributed by atoms with Gasteiger partial charge in [0.05, 0.1) is 11.1 Å². The Bertz CT molecular complexity index is 818. The highest BCUT2D eigenvalue weighted by Crippen LogP contribution is 2.15. The molecule has 1 N–H and O–H groups in total. The number of hydrogen-bond donors (Lipinski definition) is 1. The van der Waals surface area contributed by atoms with Crippen LogP contribution in [0.1, 0.15) is 21.6 Å². The molecule has 1 amide bonds. The van der Waals surface area contributed by atoms with Gasteiger partial charge in [0.15, 0.2) is 0 Å². The lowest BCUT2D eigenvalue weighted by Gasteiger charge is -2.06. The van der Waals surface area contributed by atoms with E-state index in [4.69, 9.17) is 11.6 Å². The molecule has 114 valence electrons. The summed E-state index contributed by atoms with van der Waals surface area (Å²) in [7, 11) is -3.91. The van der Waals surface area contributed by atoms with Crippen molar-refractivity contribution in [3.05, 3.63) is 69.8 Å². The van der Waals surface area contributed by atoms with Crippen LogP contribution in [-0.2, 0) is 10.0 Å². The number of nitrogens with one attached hydrogen (secondary N) is 1. The first-order valence-corrected chi connectivity index (χ1v) is 8.22. The number of halogens is 1. The maximum Gasteiger partial charge on any atom is 0.265 e. The number of benzene rings is 1. The molecule has 2 aromatic rings. The molecule has 0 saturated carbocycles. The summed E-state index contributed by atoms with van der Waals surface area (Å²) in [6.07, 6.45) is 2.85. The van der Waals surface area contributed by atoms with Crippen molar-refractivity contribution in [2.45, 2.75) is 6.92 Å². The van der Waals surface area contributed by atoms with Crippen LogP contribution in [0.25, 0.3) is 6.08 Å². The lowest BCUT2D eigenvalue weighted by Crippen LogP contribution is -2.29. The Balaban J connectivity index is 2.14. The third-order valence-corrected chi connectivity index (χ3v) is 3.97. The normalized spacial score (nSPS) is 11.5. The SMILES string of the molecule is Cc1cc(Cl)ccc1C(=O)NS(=O)(=O)C=Cc1ccccn1. The number of carbonyl (C=O) groups is 1. The van der Waals surface area contributed by atoms with Crippen molar-refractivity contribution >= 4 is 33.6 Å². The van der Waals surface area contributed by atoms with Gasteiger partial charge in [0.2, 0.25) is 0 Å². The minimum atomic E-state index is -3.91. The number of aromatic nitrogens is 1. The standard InChI is InChI=1S/C15H13ClN2O3S/c1-11-10-12(16)5-6-14(11)15(19)18-22(20,21)9-7-13-4-2-3-8-17-13/h2-10H,1H3,(H,18,19). The van der Waals surface area contributed by atoms with Crippen molar-refractivity contribution < 1.29 is 13.2 Å². The van der Waals surface area contributed by atoms with E-state index in [0.29, 0.717) is 16.3 Å². The largest absolute Gasteiger partial charge is 0.268 e. The predicted molar refractivity (Wildman–Crippen MR) is 85.8 cm³/mol. The quantitative estimate of drug-likeness (QED) is 0.931. The lowest BCUT2D eigenvalue weighted by molar-refractivity contribution is 0.0981. The number of pyridine rings is 1. The highest BCUT2D eigenvalue weighted by Gasteiger charge is 2.15. The molecule has 0 fully saturated rings. The van der Waals surface area contributed by atoms with E-state index in [1.54, 1.807) is 37.4 Å². The van der Waals surface area contributed by atoms with E-state index < -0.39 is 15.9 Å². The molecule has 22 heavy (non-hydrogen) atoms. The minimum absolute atomic E-state index is 0.249. The molecular weight excluding hydrogens is 324 g/mol. The second kappa shape index (κ2) is 6.72. The van der Waals surface area contributed by atoms with Gasteiger partial charge in [0, 0.05) is 16.8 Å². The molecule has 0 saturated heterocycles. The van der Waals surface area contributed by atoms with E-state index in [-0.39, 0.29) is 5.56 Å². The summed E-state index contributed by atoms with van der Waals surface area (Å²) in [5, 5.41) is 1.38. The fourth-order valence-corrected chi connectivity index (χ4v) is 2.72. The van der Waals surface area contributed by atoms with Crippen LogP contribution in [0.15, 0.2) is 48.0 Å². The van der Waals surface area contributed by atoms with E-state index in [1.807, 2.05) is 4.72 Å². The third kappa shape index (κ3) is 4.41. The molecule has 0 spiro atoms. The molecule has 7 heteroatoms. The van der Waals surface area contributed by atoms with Crippen molar-refractivity contribution in [2.24, 2.45) is 0 Å². The Hall–Kier alpha value is -2.18. The van der Waals surface area contributed by atoms with E-state index in [9.17, 15) is 13.2 Å². The average Bonchev–Trinajstić information content (AvgIpc) is 2.45. The first-order valence-electron chi connectivity index (χ1n) is 6.30. The van der Waals surface area contributed by atoms with Gasteiger partial charge in [-0.1, -0.05) is 17.7 Å². The Kier molecular flexibility index (Phi) is 4.95. The average molecular weight is 337 g/mol. The molecule has 1 heterocycles. The molecule has 0 unspecified atom stereocenters. The van der Waals surface area contributed by atoms with Crippen LogP contribution in [0.4, 0.5) is 0 Å². The van der Waals surface area contributed by atoms with Crippen LogP contribution in [0.2, 0.25) is 5.02 Å². The molecular formula is C15H13ClN2O3S. The molecule has 0 aliphatic rings. The van der Waals surface area contributed by atoms with Gasteiger partial charge in [-0.25, -0.2) is 13.1 Å². The van der Waals surface area contributed by atoms with Crippen LogP contribution in [-0.4, -0.2) is 19.3 Å². The Labute approximate surface area is 133 Å². The van der Waals surface area contributed by atoms with Crippen LogP contribution in [0.5, 0.6) is 0 Å². The van der Waals surface area contributed by atoms with Crippen molar-refractivity contribution in [3.8, 4) is 0 Å². The third-order valence-electron chi connectivity index (χ3n) is 2.77. The van der Waals surface area contributed by atoms with Crippen LogP contribution in [0.3, 0.4) is 0 Å². The van der Waals surface area contributed by atoms with Gasteiger partial charge in [-0.2, -0.15) is 0 Å². The first kappa shape index (κ1) is 16.2. The summed E-state index contributed by atoms with van der Waals surface area (Å²) < 4.78 is 25.8. The Morgan fingerprint density at radius 3 is 2.68 bits per heavy atom. The minimum Gasteiger partial charge on any atom is -0.268 e. The molecule has 0 radical (unpaired) electrons. The summed E-state index contributed by atoms with van der Waals surface area (Å²) in [4.78, 5) is 16.0. The number of nitrogens with zero attached hydrogens (tertiary/aromatic N) is 1. The van der Waals surface area contributed by atoms with Gasteiger partial charge in [0.25, 0.3) is 15.9 Å². The number of carbonyl (C=O) groups excluding carboxylic acids is 1. The zero-order valence-electron chi connectivity index (χ0n) is 11.7. The summed E-state index contributed by atoms with van der Waals surface area (Å²) in [5.41, 5.74) is 1.32. The second-order valence-corrected chi connectivity index (χ2v) is 6.50. The second-order valence-electron chi connectivity index (χ2n) is 4.49.